The quantitative estimate of drug-likeness (QED) is 0.320. The normalized spacial score (nSPS) is 26.7. The molecule has 0 bridgehead atoms. The molecule has 0 spiro atoms. The van der Waals surface area contributed by atoms with Crippen LogP contribution >= 0.6 is 0 Å². The first-order chi connectivity index (χ1) is 14.8. The molecule has 0 amide bonds. The number of rotatable bonds is 13. The van der Waals surface area contributed by atoms with E-state index in [4.69, 9.17) is 13.1 Å². The van der Waals surface area contributed by atoms with Crippen molar-refractivity contribution in [1.29, 1.82) is 0 Å². The third-order valence-corrected chi connectivity index (χ3v) is 6.08. The van der Waals surface area contributed by atoms with Crippen molar-refractivity contribution < 1.29 is 41.9 Å². The highest BCUT2D eigenvalue weighted by atomic mass is 32.3. The molecule has 10 heteroatoms. The minimum absolute atomic E-state index is 0.109. The number of aryl methyl sites for hydroxylation is 1. The average molecular weight is 463 g/mol. The van der Waals surface area contributed by atoms with Gasteiger partial charge in [-0.25, -0.2) is 4.18 Å². The summed E-state index contributed by atoms with van der Waals surface area (Å²) in [6.07, 6.45) is 0.192. The number of aliphatic hydroxyl groups is 4. The molecule has 1 fully saturated rings. The van der Waals surface area contributed by atoms with E-state index in [2.05, 4.69) is 6.92 Å². The van der Waals surface area contributed by atoms with Crippen LogP contribution in [-0.2, 0) is 25.7 Å². The summed E-state index contributed by atoms with van der Waals surface area (Å²) in [5, 5.41) is 38.7. The van der Waals surface area contributed by atoms with Gasteiger partial charge in [0, 0.05) is 0 Å². The van der Waals surface area contributed by atoms with Gasteiger partial charge in [-0.3, -0.25) is 0 Å². The lowest BCUT2D eigenvalue weighted by Crippen LogP contribution is -2.59. The molecule has 9 nitrogen and oxygen atoms in total. The van der Waals surface area contributed by atoms with Crippen molar-refractivity contribution in [2.75, 3.05) is 6.61 Å². The molecule has 1 aliphatic rings. The Bertz CT molecular complexity index is 753. The van der Waals surface area contributed by atoms with Crippen LogP contribution < -0.4 is 4.18 Å². The monoisotopic (exact) mass is 462 g/mol. The van der Waals surface area contributed by atoms with Crippen LogP contribution in [0.2, 0.25) is 0 Å². The summed E-state index contributed by atoms with van der Waals surface area (Å²) in [6, 6.07) is 6.70. The standard InChI is InChI=1S/C21H34O9S/c1-2-3-4-5-6-7-8-11-15-12-9-10-13-16(15)29-31(26,27)30-21-20(25)19(24)18(23)17(14-22)28-21/h9-10,12-13,17-25H,2-8,11,14H2,1H3/t17-,18-,19+,20+,21+/m1/s1. The Morgan fingerprint density at radius 1 is 0.935 bits per heavy atom. The minimum atomic E-state index is -4.67. The van der Waals surface area contributed by atoms with E-state index >= 15 is 0 Å². The average Bonchev–Trinajstić information content (AvgIpc) is 2.74. The number of hydrogen-bond acceptors (Lipinski definition) is 9. The molecule has 1 saturated heterocycles. The van der Waals surface area contributed by atoms with Crippen LogP contribution in [-0.4, -0.2) is 66.2 Å². The molecule has 1 aromatic carbocycles. The molecule has 4 N–H and O–H groups in total. The van der Waals surface area contributed by atoms with Crippen molar-refractivity contribution in [2.45, 2.75) is 89.0 Å². The maximum absolute atomic E-state index is 12.4. The van der Waals surface area contributed by atoms with Crippen LogP contribution in [0.5, 0.6) is 5.75 Å². The van der Waals surface area contributed by atoms with E-state index in [-0.39, 0.29) is 5.75 Å². The highest BCUT2D eigenvalue weighted by Crippen LogP contribution is 2.26. The van der Waals surface area contributed by atoms with Crippen LogP contribution in [0.4, 0.5) is 0 Å². The lowest BCUT2D eigenvalue weighted by atomic mass is 10.00. The van der Waals surface area contributed by atoms with Gasteiger partial charge in [-0.1, -0.05) is 63.6 Å². The molecular formula is C21H34O9S. The largest absolute Gasteiger partial charge is 0.451 e. The molecule has 0 aromatic heterocycles. The number of benzene rings is 1. The molecule has 0 saturated carbocycles. The van der Waals surface area contributed by atoms with E-state index in [0.29, 0.717) is 12.0 Å². The molecule has 0 radical (unpaired) electrons. The van der Waals surface area contributed by atoms with Gasteiger partial charge in [0.25, 0.3) is 0 Å². The smallest absolute Gasteiger partial charge is 0.394 e. The van der Waals surface area contributed by atoms with Crippen LogP contribution in [0.25, 0.3) is 0 Å². The Morgan fingerprint density at radius 3 is 2.26 bits per heavy atom. The van der Waals surface area contributed by atoms with Crippen molar-refractivity contribution in [3.05, 3.63) is 29.8 Å². The molecule has 1 aromatic rings. The summed E-state index contributed by atoms with van der Waals surface area (Å²) in [5.41, 5.74) is 0.706. The van der Waals surface area contributed by atoms with Gasteiger partial charge >= 0.3 is 10.4 Å². The van der Waals surface area contributed by atoms with Crippen LogP contribution in [0.15, 0.2) is 24.3 Å². The lowest BCUT2D eigenvalue weighted by Gasteiger charge is -2.38. The Balaban J connectivity index is 1.94. The van der Waals surface area contributed by atoms with Crippen molar-refractivity contribution in [1.82, 2.24) is 0 Å². The summed E-state index contributed by atoms with van der Waals surface area (Å²) in [6.45, 7) is 1.47. The second-order valence-electron chi connectivity index (χ2n) is 7.76. The van der Waals surface area contributed by atoms with Crippen molar-refractivity contribution in [3.63, 3.8) is 0 Å². The third-order valence-electron chi connectivity index (χ3n) is 5.28. The van der Waals surface area contributed by atoms with E-state index in [1.54, 1.807) is 18.2 Å². The first kappa shape index (κ1) is 26.0. The molecule has 1 aliphatic heterocycles. The Labute approximate surface area is 183 Å². The van der Waals surface area contributed by atoms with Gasteiger partial charge in [-0.15, -0.1) is 0 Å². The number of aliphatic hydroxyl groups excluding tert-OH is 4. The molecule has 0 unspecified atom stereocenters. The zero-order valence-corrected chi connectivity index (χ0v) is 18.6. The molecule has 1 heterocycles. The van der Waals surface area contributed by atoms with Crippen molar-refractivity contribution in [3.8, 4) is 5.75 Å². The van der Waals surface area contributed by atoms with Gasteiger partial charge in [0.15, 0.2) is 0 Å². The summed E-state index contributed by atoms with van der Waals surface area (Å²) < 4.78 is 39.7. The van der Waals surface area contributed by atoms with E-state index in [0.717, 1.165) is 19.3 Å². The topological polar surface area (TPSA) is 143 Å². The van der Waals surface area contributed by atoms with Gasteiger partial charge in [-0.05, 0) is 24.5 Å². The molecule has 0 aliphatic carbocycles. The van der Waals surface area contributed by atoms with Crippen LogP contribution in [0, 0.1) is 0 Å². The minimum Gasteiger partial charge on any atom is -0.394 e. The summed E-state index contributed by atoms with van der Waals surface area (Å²) in [5.74, 6) is 0.109. The predicted molar refractivity (Wildman–Crippen MR) is 113 cm³/mol. The SMILES string of the molecule is CCCCCCCCCc1ccccc1OS(=O)(=O)O[C@@H]1O[C@H](CO)[C@@H](O)[C@H](O)[C@@H]1O. The second kappa shape index (κ2) is 12.7. The van der Waals surface area contributed by atoms with E-state index < -0.39 is 47.7 Å². The fourth-order valence-corrected chi connectivity index (χ4v) is 4.27. The highest BCUT2D eigenvalue weighted by molar-refractivity contribution is 7.82. The van der Waals surface area contributed by atoms with E-state index in [1.807, 2.05) is 0 Å². The second-order valence-corrected chi connectivity index (χ2v) is 8.94. The summed E-state index contributed by atoms with van der Waals surface area (Å²) in [7, 11) is -4.67. The van der Waals surface area contributed by atoms with Gasteiger partial charge in [-0.2, -0.15) is 8.42 Å². The lowest BCUT2D eigenvalue weighted by molar-refractivity contribution is -0.277. The number of hydrogen-bond donors (Lipinski definition) is 4. The van der Waals surface area contributed by atoms with Gasteiger partial charge < -0.3 is 29.3 Å². The Morgan fingerprint density at radius 2 is 1.58 bits per heavy atom. The van der Waals surface area contributed by atoms with Gasteiger partial charge in [0.2, 0.25) is 6.29 Å². The number of ether oxygens (including phenoxy) is 1. The van der Waals surface area contributed by atoms with Gasteiger partial charge in [0.05, 0.1) is 6.61 Å². The van der Waals surface area contributed by atoms with Crippen molar-refractivity contribution >= 4 is 10.4 Å². The van der Waals surface area contributed by atoms with E-state index in [9.17, 15) is 28.8 Å². The molecule has 31 heavy (non-hydrogen) atoms. The fourth-order valence-electron chi connectivity index (χ4n) is 3.46. The molecule has 2 rings (SSSR count). The first-order valence-corrected chi connectivity index (χ1v) is 12.1. The first-order valence-electron chi connectivity index (χ1n) is 10.8. The maximum Gasteiger partial charge on any atom is 0.451 e. The zero-order chi connectivity index (χ0) is 22.9. The third kappa shape index (κ3) is 7.98. The summed E-state index contributed by atoms with van der Waals surface area (Å²) in [4.78, 5) is 0. The van der Waals surface area contributed by atoms with Crippen molar-refractivity contribution in [2.24, 2.45) is 0 Å². The molecule has 5 atom stereocenters. The number of para-hydroxylation sites is 1. The predicted octanol–water partition coefficient (Wildman–Crippen LogP) is 1.42. The Kier molecular flexibility index (Phi) is 10.6. The van der Waals surface area contributed by atoms with E-state index in [1.165, 1.54) is 31.7 Å². The molecular weight excluding hydrogens is 428 g/mol. The van der Waals surface area contributed by atoms with Crippen LogP contribution in [0.3, 0.4) is 0 Å². The fraction of sp³-hybridized carbons (Fsp3) is 0.714. The number of unbranched alkanes of at least 4 members (excludes halogenated alkanes) is 6. The van der Waals surface area contributed by atoms with Gasteiger partial charge in [0.1, 0.15) is 30.2 Å². The molecule has 178 valence electrons. The zero-order valence-electron chi connectivity index (χ0n) is 17.8. The maximum atomic E-state index is 12.4. The highest BCUT2D eigenvalue weighted by Gasteiger charge is 2.46. The Hall–Kier alpha value is -1.27. The summed E-state index contributed by atoms with van der Waals surface area (Å²) >= 11 is 0. The van der Waals surface area contributed by atoms with Crippen LogP contribution in [0.1, 0.15) is 57.4 Å².